The van der Waals surface area contributed by atoms with Gasteiger partial charge in [-0.15, -0.1) is 0 Å². The number of nitrogens with two attached hydrogens (primary N) is 1. The van der Waals surface area contributed by atoms with Gasteiger partial charge in [0.05, 0.1) is 0 Å². The molecular weight excluding hydrogens is 202 g/mol. The molecule has 4 nitrogen and oxygen atoms in total. The molecule has 2 amide bonds. The zero-order valence-corrected chi connectivity index (χ0v) is 10.3. The summed E-state index contributed by atoms with van der Waals surface area (Å²) < 4.78 is 0. The topological polar surface area (TPSA) is 67.1 Å². The SMILES string of the molecule is CC1(C)C(N)CC1NC(=O)NC1CCCC1. The lowest BCUT2D eigenvalue weighted by atomic mass is 9.63. The van der Waals surface area contributed by atoms with Gasteiger partial charge in [-0.3, -0.25) is 0 Å². The third kappa shape index (κ3) is 2.17. The minimum atomic E-state index is -0.0168. The van der Waals surface area contributed by atoms with Crippen LogP contribution in [0.4, 0.5) is 4.79 Å². The standard InChI is InChI=1S/C12H23N3O/c1-12(2)9(13)7-10(12)15-11(16)14-8-5-3-4-6-8/h8-10H,3-7,13H2,1-2H3,(H2,14,15,16). The molecule has 2 fully saturated rings. The van der Waals surface area contributed by atoms with Crippen LogP contribution in [0.25, 0.3) is 0 Å². The van der Waals surface area contributed by atoms with Crippen molar-refractivity contribution in [1.82, 2.24) is 10.6 Å². The maximum Gasteiger partial charge on any atom is 0.315 e. The summed E-state index contributed by atoms with van der Waals surface area (Å²) in [6.45, 7) is 4.23. The fourth-order valence-electron chi connectivity index (χ4n) is 2.66. The van der Waals surface area contributed by atoms with Crippen molar-refractivity contribution in [2.24, 2.45) is 11.1 Å². The first-order chi connectivity index (χ1) is 7.50. The molecule has 2 atom stereocenters. The van der Waals surface area contributed by atoms with Crippen LogP contribution in [0.3, 0.4) is 0 Å². The molecule has 0 aromatic rings. The molecule has 2 aliphatic carbocycles. The van der Waals surface area contributed by atoms with Crippen molar-refractivity contribution in [3.05, 3.63) is 0 Å². The largest absolute Gasteiger partial charge is 0.335 e. The summed E-state index contributed by atoms with van der Waals surface area (Å²) in [5, 5.41) is 6.07. The van der Waals surface area contributed by atoms with Crippen molar-refractivity contribution < 1.29 is 4.79 Å². The molecule has 0 saturated heterocycles. The van der Waals surface area contributed by atoms with Gasteiger partial charge in [0, 0.05) is 23.5 Å². The quantitative estimate of drug-likeness (QED) is 0.664. The Morgan fingerprint density at radius 3 is 2.38 bits per heavy atom. The Morgan fingerprint density at radius 1 is 1.25 bits per heavy atom. The summed E-state index contributed by atoms with van der Waals surface area (Å²) in [4.78, 5) is 11.7. The van der Waals surface area contributed by atoms with E-state index in [-0.39, 0.29) is 23.5 Å². The normalized spacial score (nSPS) is 33.2. The lowest BCUT2D eigenvalue weighted by molar-refractivity contribution is 0.0793. The second-order valence-corrected chi connectivity index (χ2v) is 5.82. The first-order valence-electron chi connectivity index (χ1n) is 6.33. The van der Waals surface area contributed by atoms with E-state index in [2.05, 4.69) is 24.5 Å². The van der Waals surface area contributed by atoms with Gasteiger partial charge >= 0.3 is 6.03 Å². The Balaban J connectivity index is 1.75. The zero-order chi connectivity index (χ0) is 11.8. The summed E-state index contributed by atoms with van der Waals surface area (Å²) in [5.74, 6) is 0. The van der Waals surface area contributed by atoms with Crippen molar-refractivity contribution in [2.45, 2.75) is 64.1 Å². The van der Waals surface area contributed by atoms with Crippen molar-refractivity contribution in [3.63, 3.8) is 0 Å². The van der Waals surface area contributed by atoms with Crippen LogP contribution in [0.15, 0.2) is 0 Å². The highest BCUT2D eigenvalue weighted by atomic mass is 16.2. The van der Waals surface area contributed by atoms with Gasteiger partial charge < -0.3 is 16.4 Å². The maximum absolute atomic E-state index is 11.7. The predicted octanol–water partition coefficient (Wildman–Crippen LogP) is 1.35. The smallest absolute Gasteiger partial charge is 0.315 e. The monoisotopic (exact) mass is 225 g/mol. The number of urea groups is 1. The van der Waals surface area contributed by atoms with Crippen LogP contribution in [0, 0.1) is 5.41 Å². The van der Waals surface area contributed by atoms with Gasteiger partial charge in [0.1, 0.15) is 0 Å². The van der Waals surface area contributed by atoms with Crippen LogP contribution in [0.2, 0.25) is 0 Å². The molecule has 2 unspecified atom stereocenters. The van der Waals surface area contributed by atoms with Crippen molar-refractivity contribution in [3.8, 4) is 0 Å². The van der Waals surface area contributed by atoms with Gasteiger partial charge in [-0.1, -0.05) is 26.7 Å². The lowest BCUT2D eigenvalue weighted by Crippen LogP contribution is -2.65. The van der Waals surface area contributed by atoms with E-state index in [9.17, 15) is 4.79 Å². The Kier molecular flexibility index (Phi) is 3.10. The Hall–Kier alpha value is -0.770. The highest BCUT2D eigenvalue weighted by molar-refractivity contribution is 5.74. The van der Waals surface area contributed by atoms with E-state index in [4.69, 9.17) is 5.73 Å². The van der Waals surface area contributed by atoms with Crippen LogP contribution in [0.1, 0.15) is 46.0 Å². The second-order valence-electron chi connectivity index (χ2n) is 5.82. The molecule has 0 aliphatic heterocycles. The third-order valence-corrected chi connectivity index (χ3v) is 4.34. The number of amides is 2. The number of carbonyl (C=O) groups excluding carboxylic acids is 1. The highest BCUT2D eigenvalue weighted by Crippen LogP contribution is 2.38. The molecule has 2 rings (SSSR count). The molecule has 0 aromatic heterocycles. The van der Waals surface area contributed by atoms with Gasteiger partial charge in [0.2, 0.25) is 0 Å². The number of hydrogen-bond donors (Lipinski definition) is 3. The van der Waals surface area contributed by atoms with E-state index in [0.717, 1.165) is 19.3 Å². The number of nitrogens with one attached hydrogen (secondary N) is 2. The molecule has 0 spiro atoms. The maximum atomic E-state index is 11.7. The Morgan fingerprint density at radius 2 is 1.88 bits per heavy atom. The number of carbonyl (C=O) groups is 1. The summed E-state index contributed by atoms with van der Waals surface area (Å²) in [5.41, 5.74) is 5.95. The van der Waals surface area contributed by atoms with Gasteiger partial charge in [0.15, 0.2) is 0 Å². The molecule has 0 radical (unpaired) electrons. The van der Waals surface area contributed by atoms with E-state index in [0.29, 0.717) is 6.04 Å². The van der Waals surface area contributed by atoms with Crippen LogP contribution in [0.5, 0.6) is 0 Å². The van der Waals surface area contributed by atoms with E-state index >= 15 is 0 Å². The Labute approximate surface area is 97.3 Å². The minimum Gasteiger partial charge on any atom is -0.335 e. The zero-order valence-electron chi connectivity index (χ0n) is 10.3. The second kappa shape index (κ2) is 4.24. The third-order valence-electron chi connectivity index (χ3n) is 4.34. The van der Waals surface area contributed by atoms with E-state index in [1.807, 2.05) is 0 Å². The van der Waals surface area contributed by atoms with Gasteiger partial charge in [-0.05, 0) is 19.3 Å². The average Bonchev–Trinajstić information content (AvgIpc) is 2.70. The highest BCUT2D eigenvalue weighted by Gasteiger charge is 2.46. The predicted molar refractivity (Wildman–Crippen MR) is 64.1 cm³/mol. The molecule has 0 heterocycles. The van der Waals surface area contributed by atoms with E-state index in [1.165, 1.54) is 12.8 Å². The fourth-order valence-corrected chi connectivity index (χ4v) is 2.66. The molecule has 16 heavy (non-hydrogen) atoms. The number of rotatable bonds is 2. The first kappa shape index (κ1) is 11.7. The van der Waals surface area contributed by atoms with Crippen LogP contribution < -0.4 is 16.4 Å². The van der Waals surface area contributed by atoms with Gasteiger partial charge in [0.25, 0.3) is 0 Å². The van der Waals surface area contributed by atoms with Gasteiger partial charge in [-0.2, -0.15) is 0 Å². The summed E-state index contributed by atoms with van der Waals surface area (Å²) >= 11 is 0. The molecule has 92 valence electrons. The van der Waals surface area contributed by atoms with Crippen molar-refractivity contribution in [1.29, 1.82) is 0 Å². The Bertz CT molecular complexity index is 271. The molecule has 2 saturated carbocycles. The van der Waals surface area contributed by atoms with Crippen LogP contribution >= 0.6 is 0 Å². The molecule has 4 heteroatoms. The fraction of sp³-hybridized carbons (Fsp3) is 0.917. The lowest BCUT2D eigenvalue weighted by Gasteiger charge is -2.50. The van der Waals surface area contributed by atoms with E-state index < -0.39 is 0 Å². The average molecular weight is 225 g/mol. The van der Waals surface area contributed by atoms with Gasteiger partial charge in [-0.25, -0.2) is 4.79 Å². The summed E-state index contributed by atoms with van der Waals surface area (Å²) in [6.07, 6.45) is 5.63. The molecule has 2 aliphatic rings. The van der Waals surface area contributed by atoms with Crippen LogP contribution in [-0.2, 0) is 0 Å². The minimum absolute atomic E-state index is 0.0168. The van der Waals surface area contributed by atoms with Crippen LogP contribution in [-0.4, -0.2) is 24.2 Å². The number of hydrogen-bond acceptors (Lipinski definition) is 2. The van der Waals surface area contributed by atoms with E-state index in [1.54, 1.807) is 0 Å². The molecule has 0 aromatic carbocycles. The first-order valence-corrected chi connectivity index (χ1v) is 6.33. The molecule has 4 N–H and O–H groups in total. The van der Waals surface area contributed by atoms with Crippen molar-refractivity contribution in [2.75, 3.05) is 0 Å². The summed E-state index contributed by atoms with van der Waals surface area (Å²) in [7, 11) is 0. The summed E-state index contributed by atoms with van der Waals surface area (Å²) in [6, 6.07) is 0.807. The van der Waals surface area contributed by atoms with Crippen molar-refractivity contribution >= 4 is 6.03 Å². The molecular formula is C12H23N3O. The molecule has 0 bridgehead atoms.